The first kappa shape index (κ1) is 22.4. The highest BCUT2D eigenvalue weighted by molar-refractivity contribution is 7.89. The third-order valence-corrected chi connectivity index (χ3v) is 7.02. The normalized spacial score (nSPS) is 15.7. The lowest BCUT2D eigenvalue weighted by atomic mass is 10.0. The molecule has 3 rings (SSSR count). The van der Waals surface area contributed by atoms with Crippen molar-refractivity contribution >= 4 is 21.6 Å². The third kappa shape index (κ3) is 5.67. The van der Waals surface area contributed by atoms with Gasteiger partial charge >= 0.3 is 0 Å². The van der Waals surface area contributed by atoms with Gasteiger partial charge in [0.05, 0.1) is 10.5 Å². The van der Waals surface area contributed by atoms with Crippen molar-refractivity contribution in [1.29, 1.82) is 0 Å². The number of halogens is 1. The molecule has 2 N–H and O–H groups in total. The van der Waals surface area contributed by atoms with Gasteiger partial charge in [0, 0.05) is 11.7 Å². The van der Waals surface area contributed by atoms with Crippen LogP contribution < -0.4 is 10.0 Å². The molecule has 5 nitrogen and oxygen atoms in total. The van der Waals surface area contributed by atoms with Crippen LogP contribution >= 0.6 is 0 Å². The summed E-state index contributed by atoms with van der Waals surface area (Å²) in [6.45, 7) is 4.13. The molecule has 1 aliphatic rings. The second kappa shape index (κ2) is 9.71. The van der Waals surface area contributed by atoms with E-state index in [0.717, 1.165) is 56.2 Å². The van der Waals surface area contributed by atoms with Gasteiger partial charge in [0.1, 0.15) is 5.82 Å². The van der Waals surface area contributed by atoms with Crippen molar-refractivity contribution in [2.24, 2.45) is 0 Å². The molecule has 0 aliphatic heterocycles. The molecule has 0 saturated heterocycles. The number of amides is 1. The highest BCUT2D eigenvalue weighted by atomic mass is 32.2. The van der Waals surface area contributed by atoms with E-state index in [1.807, 2.05) is 12.1 Å². The van der Waals surface area contributed by atoms with Crippen LogP contribution in [0.2, 0.25) is 0 Å². The van der Waals surface area contributed by atoms with Crippen molar-refractivity contribution in [1.82, 2.24) is 4.72 Å². The van der Waals surface area contributed by atoms with Gasteiger partial charge < -0.3 is 5.32 Å². The molecule has 2 aromatic rings. The van der Waals surface area contributed by atoms with Crippen LogP contribution in [-0.2, 0) is 10.0 Å². The molecule has 1 fully saturated rings. The Morgan fingerprint density at radius 2 is 1.63 bits per heavy atom. The summed E-state index contributed by atoms with van der Waals surface area (Å²) >= 11 is 0. The minimum Gasteiger partial charge on any atom is -0.322 e. The van der Waals surface area contributed by atoms with Crippen LogP contribution in [0.1, 0.15) is 74.2 Å². The summed E-state index contributed by atoms with van der Waals surface area (Å²) in [5.74, 6) is -1.09. The maximum Gasteiger partial charge on any atom is 0.258 e. The van der Waals surface area contributed by atoms with Crippen LogP contribution in [0.25, 0.3) is 0 Å². The number of carbonyl (C=O) groups excluding carboxylic acids is 1. The molecule has 162 valence electrons. The predicted molar refractivity (Wildman–Crippen MR) is 117 cm³/mol. The average molecular weight is 433 g/mol. The zero-order valence-corrected chi connectivity index (χ0v) is 18.3. The molecule has 0 spiro atoms. The molecule has 0 radical (unpaired) electrons. The van der Waals surface area contributed by atoms with Crippen molar-refractivity contribution in [3.05, 3.63) is 59.4 Å². The Morgan fingerprint density at radius 3 is 2.23 bits per heavy atom. The van der Waals surface area contributed by atoms with E-state index in [2.05, 4.69) is 23.9 Å². The Balaban J connectivity index is 1.77. The van der Waals surface area contributed by atoms with E-state index in [1.165, 1.54) is 6.07 Å². The zero-order chi connectivity index (χ0) is 21.7. The molecule has 1 saturated carbocycles. The molecule has 0 heterocycles. The summed E-state index contributed by atoms with van der Waals surface area (Å²) in [7, 11) is -3.83. The minimum atomic E-state index is -3.83. The SMILES string of the molecule is CC(C)c1ccc(NC(=O)c2cc(S(=O)(=O)NC3CCCCCC3)ccc2F)cc1. The van der Waals surface area contributed by atoms with E-state index in [0.29, 0.717) is 11.6 Å². The minimum absolute atomic E-state index is 0.103. The number of sulfonamides is 1. The van der Waals surface area contributed by atoms with Gasteiger partial charge in [-0.15, -0.1) is 0 Å². The number of rotatable bonds is 6. The number of carbonyl (C=O) groups is 1. The summed E-state index contributed by atoms with van der Waals surface area (Å²) in [6, 6.07) is 10.5. The summed E-state index contributed by atoms with van der Waals surface area (Å²) in [4.78, 5) is 12.5. The molecular weight excluding hydrogens is 403 g/mol. The van der Waals surface area contributed by atoms with Crippen molar-refractivity contribution in [2.45, 2.75) is 69.2 Å². The van der Waals surface area contributed by atoms with Crippen molar-refractivity contribution in [2.75, 3.05) is 5.32 Å². The van der Waals surface area contributed by atoms with Gasteiger partial charge in [-0.05, 0) is 54.7 Å². The number of benzene rings is 2. The van der Waals surface area contributed by atoms with Crippen LogP contribution in [0, 0.1) is 5.82 Å². The topological polar surface area (TPSA) is 75.3 Å². The first-order valence-corrected chi connectivity index (χ1v) is 12.0. The number of hydrogen-bond acceptors (Lipinski definition) is 3. The van der Waals surface area contributed by atoms with Gasteiger partial charge in [0.2, 0.25) is 10.0 Å². The Bertz CT molecular complexity index is 980. The van der Waals surface area contributed by atoms with Crippen molar-refractivity contribution in [3.8, 4) is 0 Å². The molecule has 2 aromatic carbocycles. The van der Waals surface area contributed by atoms with Crippen LogP contribution in [0.5, 0.6) is 0 Å². The quantitative estimate of drug-likeness (QED) is 0.616. The lowest BCUT2D eigenvalue weighted by Crippen LogP contribution is -2.34. The summed E-state index contributed by atoms with van der Waals surface area (Å²) in [5, 5.41) is 2.64. The maximum atomic E-state index is 14.3. The monoisotopic (exact) mass is 432 g/mol. The fourth-order valence-electron chi connectivity index (χ4n) is 3.68. The molecule has 7 heteroatoms. The summed E-state index contributed by atoms with van der Waals surface area (Å²) in [6.07, 6.45) is 5.77. The first-order chi connectivity index (χ1) is 14.3. The molecule has 30 heavy (non-hydrogen) atoms. The van der Waals surface area contributed by atoms with E-state index < -0.39 is 21.7 Å². The largest absolute Gasteiger partial charge is 0.322 e. The van der Waals surface area contributed by atoms with Crippen molar-refractivity contribution in [3.63, 3.8) is 0 Å². The molecule has 0 bridgehead atoms. The van der Waals surface area contributed by atoms with E-state index in [-0.39, 0.29) is 16.5 Å². The Morgan fingerprint density at radius 1 is 1.00 bits per heavy atom. The van der Waals surface area contributed by atoms with Crippen LogP contribution in [-0.4, -0.2) is 20.4 Å². The van der Waals surface area contributed by atoms with Gasteiger partial charge in [-0.2, -0.15) is 0 Å². The second-order valence-electron chi connectivity index (χ2n) is 8.18. The lowest BCUT2D eigenvalue weighted by Gasteiger charge is -2.17. The van der Waals surface area contributed by atoms with Crippen LogP contribution in [0.3, 0.4) is 0 Å². The van der Waals surface area contributed by atoms with Gasteiger partial charge in [-0.3, -0.25) is 4.79 Å². The summed E-state index contributed by atoms with van der Waals surface area (Å²) < 4.78 is 42.6. The number of hydrogen-bond donors (Lipinski definition) is 2. The first-order valence-electron chi connectivity index (χ1n) is 10.5. The van der Waals surface area contributed by atoms with Gasteiger partial charge in [0.25, 0.3) is 5.91 Å². The van der Waals surface area contributed by atoms with Gasteiger partial charge in [-0.1, -0.05) is 51.7 Å². The highest BCUT2D eigenvalue weighted by Crippen LogP contribution is 2.22. The third-order valence-electron chi connectivity index (χ3n) is 5.50. The maximum absolute atomic E-state index is 14.3. The molecular formula is C23H29FN2O3S. The molecule has 0 unspecified atom stereocenters. The van der Waals surface area contributed by atoms with E-state index in [9.17, 15) is 17.6 Å². The zero-order valence-electron chi connectivity index (χ0n) is 17.4. The van der Waals surface area contributed by atoms with Crippen molar-refractivity contribution < 1.29 is 17.6 Å². The van der Waals surface area contributed by atoms with E-state index >= 15 is 0 Å². The number of anilines is 1. The lowest BCUT2D eigenvalue weighted by molar-refractivity contribution is 0.102. The Kier molecular flexibility index (Phi) is 7.26. The standard InChI is InChI=1S/C23H29FN2O3S/c1-16(2)17-9-11-18(12-10-17)25-23(27)21-15-20(13-14-22(21)24)30(28,29)26-19-7-5-3-4-6-8-19/h9-16,19,26H,3-8H2,1-2H3,(H,25,27). The smallest absolute Gasteiger partial charge is 0.258 e. The fourth-order valence-corrected chi connectivity index (χ4v) is 5.01. The number of nitrogens with one attached hydrogen (secondary N) is 2. The van der Waals surface area contributed by atoms with E-state index in [4.69, 9.17) is 0 Å². The molecule has 0 aromatic heterocycles. The average Bonchev–Trinajstić information content (AvgIpc) is 2.96. The van der Waals surface area contributed by atoms with Crippen LogP contribution in [0.15, 0.2) is 47.4 Å². The highest BCUT2D eigenvalue weighted by Gasteiger charge is 2.23. The van der Waals surface area contributed by atoms with Crippen LogP contribution in [0.4, 0.5) is 10.1 Å². The van der Waals surface area contributed by atoms with Gasteiger partial charge in [-0.25, -0.2) is 17.5 Å². The summed E-state index contributed by atoms with van der Waals surface area (Å²) in [5.41, 5.74) is 1.34. The Labute approximate surface area is 178 Å². The predicted octanol–water partition coefficient (Wildman–Crippen LogP) is 5.20. The molecule has 0 atom stereocenters. The Hall–Kier alpha value is -2.25. The second-order valence-corrected chi connectivity index (χ2v) is 9.90. The molecule has 1 amide bonds. The van der Waals surface area contributed by atoms with E-state index in [1.54, 1.807) is 12.1 Å². The van der Waals surface area contributed by atoms with Gasteiger partial charge in [0.15, 0.2) is 0 Å². The molecule has 1 aliphatic carbocycles. The fraction of sp³-hybridized carbons (Fsp3) is 0.435.